The van der Waals surface area contributed by atoms with Crippen molar-refractivity contribution in [1.29, 1.82) is 0 Å². The maximum Gasteiger partial charge on any atom is 0.286 e. The maximum atomic E-state index is 12.5. The predicted octanol–water partition coefficient (Wildman–Crippen LogP) is 1.78. The first kappa shape index (κ1) is 18.8. The van der Waals surface area contributed by atoms with E-state index in [1.165, 1.54) is 0 Å². The number of likely N-dealkylation sites (tertiary alicyclic amines) is 1. The number of benzene rings is 1. The minimum absolute atomic E-state index is 0.0665. The smallest absolute Gasteiger partial charge is 0.286 e. The standard InChI is InChI=1S/C18H26N4O3S/c1-3-22(4-2)18(23)14-9-11-21(12-10-14)13-17-19-15-7-5-6-8-16(15)26(24,25)20-17/h5-8,14H,3-4,9-13H2,1-2H3,(H,19,20). The molecule has 0 atom stereocenters. The van der Waals surface area contributed by atoms with Crippen LogP contribution in [0.1, 0.15) is 26.7 Å². The lowest BCUT2D eigenvalue weighted by atomic mass is 9.95. The molecule has 2 aliphatic rings. The van der Waals surface area contributed by atoms with Crippen LogP contribution in [0.5, 0.6) is 0 Å². The van der Waals surface area contributed by atoms with Crippen molar-refractivity contribution in [3.63, 3.8) is 0 Å². The van der Waals surface area contributed by atoms with E-state index in [0.717, 1.165) is 39.0 Å². The molecule has 1 saturated heterocycles. The lowest BCUT2D eigenvalue weighted by Crippen LogP contribution is -2.45. The van der Waals surface area contributed by atoms with Crippen molar-refractivity contribution in [2.24, 2.45) is 10.3 Å². The van der Waals surface area contributed by atoms with Gasteiger partial charge in [-0.05, 0) is 51.9 Å². The van der Waals surface area contributed by atoms with E-state index in [4.69, 9.17) is 0 Å². The molecule has 0 saturated carbocycles. The first-order chi connectivity index (χ1) is 12.4. The minimum atomic E-state index is -3.65. The third-order valence-electron chi connectivity index (χ3n) is 5.06. The summed E-state index contributed by atoms with van der Waals surface area (Å²) in [6.07, 6.45) is 1.60. The van der Waals surface area contributed by atoms with E-state index >= 15 is 0 Å². The quantitative estimate of drug-likeness (QED) is 0.845. The van der Waals surface area contributed by atoms with Crippen molar-refractivity contribution in [3.05, 3.63) is 24.3 Å². The second-order valence-corrected chi connectivity index (χ2v) is 8.27. The molecular formula is C18H26N4O3S. The number of rotatable bonds is 5. The molecule has 1 aromatic rings. The number of fused-ring (bicyclic) bond motifs is 1. The third-order valence-corrected chi connectivity index (χ3v) is 6.43. The second kappa shape index (κ2) is 7.75. The van der Waals surface area contributed by atoms with Gasteiger partial charge in [0.1, 0.15) is 10.7 Å². The molecule has 0 spiro atoms. The fourth-order valence-electron chi connectivity index (χ4n) is 3.58. The molecule has 8 heteroatoms. The number of piperidine rings is 1. The fourth-order valence-corrected chi connectivity index (χ4v) is 4.72. The van der Waals surface area contributed by atoms with Crippen LogP contribution in [-0.2, 0) is 14.8 Å². The van der Waals surface area contributed by atoms with Crippen LogP contribution >= 0.6 is 0 Å². The average molecular weight is 378 g/mol. The minimum Gasteiger partial charge on any atom is -0.343 e. The van der Waals surface area contributed by atoms with Gasteiger partial charge in [0.05, 0.1) is 12.2 Å². The van der Waals surface area contributed by atoms with Gasteiger partial charge in [0.25, 0.3) is 10.0 Å². The van der Waals surface area contributed by atoms with Crippen LogP contribution in [0.4, 0.5) is 5.69 Å². The van der Waals surface area contributed by atoms with Gasteiger partial charge in [0.2, 0.25) is 5.91 Å². The van der Waals surface area contributed by atoms with Crippen molar-refractivity contribution in [1.82, 2.24) is 9.80 Å². The Balaban J connectivity index is 1.61. The SMILES string of the molecule is CCN(CC)C(=O)C1CCN(CC2=NS(=O)(=O)c3ccccc3N2)CC1. The molecule has 2 heterocycles. The summed E-state index contributed by atoms with van der Waals surface area (Å²) in [5.41, 5.74) is 0.573. The summed E-state index contributed by atoms with van der Waals surface area (Å²) in [6, 6.07) is 6.80. The van der Waals surface area contributed by atoms with Crippen LogP contribution in [0.3, 0.4) is 0 Å². The number of carbonyl (C=O) groups is 1. The summed E-state index contributed by atoms with van der Waals surface area (Å²) < 4.78 is 28.5. The van der Waals surface area contributed by atoms with Crippen LogP contribution < -0.4 is 5.32 Å². The normalized spacial score (nSPS) is 20.0. The van der Waals surface area contributed by atoms with Crippen molar-refractivity contribution >= 4 is 27.5 Å². The number of hydrogen-bond donors (Lipinski definition) is 1. The van der Waals surface area contributed by atoms with Crippen LogP contribution in [0, 0.1) is 5.92 Å². The first-order valence-corrected chi connectivity index (χ1v) is 10.6. The second-order valence-electron chi connectivity index (χ2n) is 6.70. The van der Waals surface area contributed by atoms with Gasteiger partial charge in [-0.25, -0.2) is 0 Å². The Morgan fingerprint density at radius 1 is 1.23 bits per heavy atom. The summed E-state index contributed by atoms with van der Waals surface area (Å²) in [5.74, 6) is 0.744. The molecule has 26 heavy (non-hydrogen) atoms. The number of amidine groups is 1. The number of anilines is 1. The highest BCUT2D eigenvalue weighted by Crippen LogP contribution is 2.27. The zero-order chi connectivity index (χ0) is 18.7. The largest absolute Gasteiger partial charge is 0.343 e. The summed E-state index contributed by atoms with van der Waals surface area (Å²) in [6.45, 7) is 7.46. The van der Waals surface area contributed by atoms with E-state index in [9.17, 15) is 13.2 Å². The molecule has 0 aliphatic carbocycles. The molecule has 0 radical (unpaired) electrons. The van der Waals surface area contributed by atoms with Gasteiger partial charge in [-0.1, -0.05) is 12.1 Å². The first-order valence-electron chi connectivity index (χ1n) is 9.15. The number of amides is 1. The number of hydrogen-bond acceptors (Lipinski definition) is 5. The van der Waals surface area contributed by atoms with Gasteiger partial charge >= 0.3 is 0 Å². The Bertz CT molecular complexity index is 794. The average Bonchev–Trinajstić information content (AvgIpc) is 2.63. The highest BCUT2D eigenvalue weighted by molar-refractivity contribution is 7.90. The lowest BCUT2D eigenvalue weighted by Gasteiger charge is -2.34. The Kier molecular flexibility index (Phi) is 5.62. The molecule has 1 aromatic carbocycles. The molecule has 1 amide bonds. The summed E-state index contributed by atoms with van der Waals surface area (Å²) in [5, 5.41) is 3.12. The number of para-hydroxylation sites is 1. The van der Waals surface area contributed by atoms with Crippen molar-refractivity contribution in [2.75, 3.05) is 38.0 Å². The van der Waals surface area contributed by atoms with Gasteiger partial charge in [0.15, 0.2) is 0 Å². The van der Waals surface area contributed by atoms with E-state index in [-0.39, 0.29) is 16.7 Å². The van der Waals surface area contributed by atoms with Crippen LogP contribution in [0.25, 0.3) is 0 Å². The molecule has 0 unspecified atom stereocenters. The topological polar surface area (TPSA) is 82.1 Å². The highest BCUT2D eigenvalue weighted by Gasteiger charge is 2.30. The summed E-state index contributed by atoms with van der Waals surface area (Å²) >= 11 is 0. The monoisotopic (exact) mass is 378 g/mol. The Morgan fingerprint density at radius 3 is 2.54 bits per heavy atom. The van der Waals surface area contributed by atoms with E-state index in [2.05, 4.69) is 14.6 Å². The van der Waals surface area contributed by atoms with E-state index in [0.29, 0.717) is 18.1 Å². The van der Waals surface area contributed by atoms with Crippen LogP contribution in [0.2, 0.25) is 0 Å². The molecule has 1 fully saturated rings. The van der Waals surface area contributed by atoms with Gasteiger partial charge < -0.3 is 10.2 Å². The summed E-state index contributed by atoms with van der Waals surface area (Å²) in [7, 11) is -3.65. The highest BCUT2D eigenvalue weighted by atomic mass is 32.2. The number of nitrogens with zero attached hydrogens (tertiary/aromatic N) is 3. The van der Waals surface area contributed by atoms with Gasteiger partial charge in [-0.3, -0.25) is 9.69 Å². The summed E-state index contributed by atoms with van der Waals surface area (Å²) in [4.78, 5) is 16.7. The maximum absolute atomic E-state index is 12.5. The molecule has 0 aromatic heterocycles. The van der Waals surface area contributed by atoms with Gasteiger partial charge in [0, 0.05) is 19.0 Å². The molecule has 2 aliphatic heterocycles. The number of nitrogens with one attached hydrogen (secondary N) is 1. The molecular weight excluding hydrogens is 352 g/mol. The van der Waals surface area contributed by atoms with Crippen LogP contribution in [0.15, 0.2) is 33.6 Å². The number of sulfonamides is 1. The van der Waals surface area contributed by atoms with Gasteiger partial charge in [-0.15, -0.1) is 4.40 Å². The van der Waals surface area contributed by atoms with Crippen molar-refractivity contribution in [2.45, 2.75) is 31.6 Å². The Morgan fingerprint density at radius 2 is 1.88 bits per heavy atom. The van der Waals surface area contributed by atoms with Gasteiger partial charge in [-0.2, -0.15) is 8.42 Å². The molecule has 142 valence electrons. The van der Waals surface area contributed by atoms with E-state index in [1.807, 2.05) is 18.7 Å². The fraction of sp³-hybridized carbons (Fsp3) is 0.556. The third kappa shape index (κ3) is 3.91. The molecule has 3 rings (SSSR count). The van der Waals surface area contributed by atoms with Crippen molar-refractivity contribution < 1.29 is 13.2 Å². The molecule has 7 nitrogen and oxygen atoms in total. The van der Waals surface area contributed by atoms with E-state index in [1.54, 1.807) is 24.3 Å². The molecule has 0 bridgehead atoms. The van der Waals surface area contributed by atoms with Crippen molar-refractivity contribution in [3.8, 4) is 0 Å². The van der Waals surface area contributed by atoms with Crippen LogP contribution in [-0.4, -0.2) is 62.7 Å². The number of carbonyl (C=O) groups excluding carboxylic acids is 1. The van der Waals surface area contributed by atoms with E-state index < -0.39 is 10.0 Å². The predicted molar refractivity (Wildman–Crippen MR) is 102 cm³/mol. The Labute approximate surface area is 155 Å². The molecule has 1 N–H and O–H groups in total. The zero-order valence-electron chi connectivity index (χ0n) is 15.3. The lowest BCUT2D eigenvalue weighted by molar-refractivity contribution is -0.136. The Hall–Kier alpha value is -1.93. The zero-order valence-corrected chi connectivity index (χ0v) is 16.1.